The van der Waals surface area contributed by atoms with Crippen LogP contribution in [0.25, 0.3) is 0 Å². The lowest BCUT2D eigenvalue weighted by molar-refractivity contribution is -0.145. The predicted octanol–water partition coefficient (Wildman–Crippen LogP) is -1.29. The normalized spacial score (nSPS) is 24.0. The van der Waals surface area contributed by atoms with Crippen molar-refractivity contribution in [2.24, 2.45) is 0 Å². The van der Waals surface area contributed by atoms with E-state index in [0.717, 1.165) is 0 Å². The number of aliphatic hydroxyl groups excluding tert-OH is 1. The van der Waals surface area contributed by atoms with Crippen molar-refractivity contribution in [2.75, 3.05) is 19.8 Å². The van der Waals surface area contributed by atoms with Crippen LogP contribution in [-0.2, 0) is 14.3 Å². The topological polar surface area (TPSA) is 136 Å². The zero-order chi connectivity index (χ0) is 15.3. The summed E-state index contributed by atoms with van der Waals surface area (Å²) in [5.74, 6) is -2.73. The van der Waals surface area contributed by atoms with E-state index in [2.05, 4.69) is 5.32 Å². The number of urea groups is 1. The van der Waals surface area contributed by atoms with Crippen molar-refractivity contribution in [1.29, 1.82) is 0 Å². The summed E-state index contributed by atoms with van der Waals surface area (Å²) in [6, 6.07) is -2.48. The molecule has 0 spiro atoms. The Bertz CT molecular complexity index is 387. The van der Waals surface area contributed by atoms with Crippen LogP contribution in [0.5, 0.6) is 0 Å². The molecular weight excluding hydrogens is 272 g/mol. The first kappa shape index (κ1) is 16.2. The Morgan fingerprint density at radius 1 is 1.40 bits per heavy atom. The standard InChI is InChI=1S/C11H18N2O7/c1-6-5-20-7(4-14)3-13(6)11(19)12-8(10(17)18)2-9(15)16/h6-8,14H,2-5H2,1H3,(H,12,19)(H,15,16)(H,17,18). The third-order valence-corrected chi connectivity index (χ3v) is 2.94. The van der Waals surface area contributed by atoms with E-state index in [-0.39, 0.29) is 25.8 Å². The Balaban J connectivity index is 2.67. The molecule has 1 aliphatic heterocycles. The summed E-state index contributed by atoms with van der Waals surface area (Å²) in [5, 5.41) is 28.7. The smallest absolute Gasteiger partial charge is 0.326 e. The van der Waals surface area contributed by atoms with Crippen molar-refractivity contribution in [3.63, 3.8) is 0 Å². The molecule has 3 atom stereocenters. The maximum Gasteiger partial charge on any atom is 0.326 e. The summed E-state index contributed by atoms with van der Waals surface area (Å²) < 4.78 is 5.25. The Kier molecular flexibility index (Phi) is 5.71. The molecule has 1 fully saturated rings. The van der Waals surface area contributed by atoms with Gasteiger partial charge in [0.25, 0.3) is 0 Å². The minimum absolute atomic E-state index is 0.114. The van der Waals surface area contributed by atoms with E-state index in [0.29, 0.717) is 0 Å². The van der Waals surface area contributed by atoms with Gasteiger partial charge in [-0.25, -0.2) is 9.59 Å². The molecule has 1 rings (SSSR count). The number of carbonyl (C=O) groups is 3. The minimum Gasteiger partial charge on any atom is -0.481 e. The molecule has 0 aromatic carbocycles. The van der Waals surface area contributed by atoms with Gasteiger partial charge in [0.2, 0.25) is 0 Å². The Morgan fingerprint density at radius 2 is 2.05 bits per heavy atom. The van der Waals surface area contributed by atoms with Gasteiger partial charge in [-0.3, -0.25) is 4.79 Å². The molecule has 114 valence electrons. The number of ether oxygens (including phenoxy) is 1. The first-order chi connectivity index (χ1) is 9.35. The van der Waals surface area contributed by atoms with Crippen molar-refractivity contribution in [2.45, 2.75) is 31.5 Å². The van der Waals surface area contributed by atoms with Gasteiger partial charge in [-0.15, -0.1) is 0 Å². The predicted molar refractivity (Wildman–Crippen MR) is 65.2 cm³/mol. The third kappa shape index (κ3) is 4.35. The number of carbonyl (C=O) groups excluding carboxylic acids is 1. The molecule has 0 bridgehead atoms. The van der Waals surface area contributed by atoms with Gasteiger partial charge in [0.1, 0.15) is 6.04 Å². The van der Waals surface area contributed by atoms with Gasteiger partial charge in [0, 0.05) is 0 Å². The molecule has 9 nitrogen and oxygen atoms in total. The fourth-order valence-electron chi connectivity index (χ4n) is 1.82. The molecule has 1 aliphatic rings. The zero-order valence-corrected chi connectivity index (χ0v) is 11.0. The molecule has 9 heteroatoms. The Morgan fingerprint density at radius 3 is 2.55 bits per heavy atom. The highest BCUT2D eigenvalue weighted by Crippen LogP contribution is 2.12. The second-order valence-electron chi connectivity index (χ2n) is 4.58. The largest absolute Gasteiger partial charge is 0.481 e. The Hall–Kier alpha value is -1.87. The molecule has 2 amide bonds. The van der Waals surface area contributed by atoms with Crippen molar-refractivity contribution < 1.29 is 34.4 Å². The molecule has 4 N–H and O–H groups in total. The highest BCUT2D eigenvalue weighted by atomic mass is 16.5. The van der Waals surface area contributed by atoms with E-state index in [9.17, 15) is 14.4 Å². The molecule has 0 aromatic heterocycles. The number of morpholine rings is 1. The van der Waals surface area contributed by atoms with Gasteiger partial charge < -0.3 is 30.3 Å². The number of hydrogen-bond donors (Lipinski definition) is 4. The molecule has 0 aliphatic carbocycles. The summed E-state index contributed by atoms with van der Waals surface area (Å²) in [5.41, 5.74) is 0. The van der Waals surface area contributed by atoms with E-state index in [4.69, 9.17) is 20.1 Å². The van der Waals surface area contributed by atoms with E-state index < -0.39 is 36.5 Å². The molecule has 1 heterocycles. The summed E-state index contributed by atoms with van der Waals surface area (Å²) >= 11 is 0. The fraction of sp³-hybridized carbons (Fsp3) is 0.727. The maximum absolute atomic E-state index is 12.0. The lowest BCUT2D eigenvalue weighted by Gasteiger charge is -2.37. The summed E-state index contributed by atoms with van der Waals surface area (Å²) in [7, 11) is 0. The van der Waals surface area contributed by atoms with Crippen LogP contribution in [0.15, 0.2) is 0 Å². The quantitative estimate of drug-likeness (QED) is 0.494. The molecule has 20 heavy (non-hydrogen) atoms. The first-order valence-corrected chi connectivity index (χ1v) is 6.09. The lowest BCUT2D eigenvalue weighted by atomic mass is 10.2. The lowest BCUT2D eigenvalue weighted by Crippen LogP contribution is -2.57. The second-order valence-corrected chi connectivity index (χ2v) is 4.58. The number of aliphatic carboxylic acids is 2. The zero-order valence-electron chi connectivity index (χ0n) is 11.0. The maximum atomic E-state index is 12.0. The highest BCUT2D eigenvalue weighted by molar-refractivity contribution is 5.86. The van der Waals surface area contributed by atoms with Gasteiger partial charge in [0.15, 0.2) is 0 Å². The number of nitrogens with zero attached hydrogens (tertiary/aromatic N) is 1. The van der Waals surface area contributed by atoms with Crippen LogP contribution in [0.3, 0.4) is 0 Å². The van der Waals surface area contributed by atoms with Crippen molar-refractivity contribution in [1.82, 2.24) is 10.2 Å². The van der Waals surface area contributed by atoms with Crippen LogP contribution < -0.4 is 5.32 Å². The van der Waals surface area contributed by atoms with Crippen molar-refractivity contribution >= 4 is 18.0 Å². The average Bonchev–Trinajstić information content (AvgIpc) is 2.37. The van der Waals surface area contributed by atoms with Gasteiger partial charge in [0.05, 0.1) is 38.3 Å². The van der Waals surface area contributed by atoms with Crippen LogP contribution in [0.4, 0.5) is 4.79 Å². The number of aliphatic hydroxyl groups is 1. The van der Waals surface area contributed by atoms with E-state index in [1.807, 2.05) is 0 Å². The van der Waals surface area contributed by atoms with E-state index in [1.165, 1.54) is 4.90 Å². The monoisotopic (exact) mass is 290 g/mol. The van der Waals surface area contributed by atoms with E-state index in [1.54, 1.807) is 6.92 Å². The first-order valence-electron chi connectivity index (χ1n) is 6.09. The molecular formula is C11H18N2O7. The highest BCUT2D eigenvalue weighted by Gasteiger charge is 2.32. The van der Waals surface area contributed by atoms with Crippen LogP contribution in [0, 0.1) is 0 Å². The number of carboxylic acid groups (broad SMARTS) is 2. The van der Waals surface area contributed by atoms with Gasteiger partial charge in [-0.05, 0) is 6.92 Å². The molecule has 1 saturated heterocycles. The summed E-state index contributed by atoms with van der Waals surface area (Å²) in [4.78, 5) is 34.8. The van der Waals surface area contributed by atoms with Crippen LogP contribution in [-0.4, -0.2) is 76.1 Å². The van der Waals surface area contributed by atoms with Gasteiger partial charge in [-0.2, -0.15) is 0 Å². The van der Waals surface area contributed by atoms with Crippen molar-refractivity contribution in [3.8, 4) is 0 Å². The molecule has 0 aromatic rings. The second kappa shape index (κ2) is 7.06. The third-order valence-electron chi connectivity index (χ3n) is 2.94. The average molecular weight is 290 g/mol. The van der Waals surface area contributed by atoms with Crippen molar-refractivity contribution in [3.05, 3.63) is 0 Å². The van der Waals surface area contributed by atoms with Gasteiger partial charge in [-0.1, -0.05) is 0 Å². The number of rotatable bonds is 5. The fourth-order valence-corrected chi connectivity index (χ4v) is 1.82. The number of nitrogens with one attached hydrogen (secondary N) is 1. The van der Waals surface area contributed by atoms with Crippen LogP contribution in [0.2, 0.25) is 0 Å². The SMILES string of the molecule is CC1COC(CO)CN1C(=O)NC(CC(=O)O)C(=O)O. The van der Waals surface area contributed by atoms with E-state index >= 15 is 0 Å². The molecule has 0 saturated carbocycles. The van der Waals surface area contributed by atoms with Gasteiger partial charge >= 0.3 is 18.0 Å². The Labute approximate surface area is 115 Å². The van der Waals surface area contributed by atoms with Crippen LogP contribution >= 0.6 is 0 Å². The number of hydrogen-bond acceptors (Lipinski definition) is 5. The number of carboxylic acids is 2. The number of amides is 2. The van der Waals surface area contributed by atoms with Crippen LogP contribution in [0.1, 0.15) is 13.3 Å². The molecule has 0 radical (unpaired) electrons. The summed E-state index contributed by atoms with van der Waals surface area (Å²) in [6.45, 7) is 1.78. The summed E-state index contributed by atoms with van der Waals surface area (Å²) in [6.07, 6.45) is -1.23. The minimum atomic E-state index is -1.50. The molecule has 3 unspecified atom stereocenters.